The van der Waals surface area contributed by atoms with Gasteiger partial charge in [-0.15, -0.1) is 5.10 Å². The minimum atomic E-state index is -0.870. The molecule has 29 heavy (non-hydrogen) atoms. The number of carboxylic acid groups (broad SMARTS) is 2. The molecule has 0 amide bonds. The van der Waals surface area contributed by atoms with Gasteiger partial charge in [0, 0.05) is 18.8 Å². The summed E-state index contributed by atoms with van der Waals surface area (Å²) in [6.07, 6.45) is 2.84. The van der Waals surface area contributed by atoms with Crippen molar-refractivity contribution in [2.24, 2.45) is 0 Å². The quantitative estimate of drug-likeness (QED) is 0.517. The van der Waals surface area contributed by atoms with Gasteiger partial charge in [-0.05, 0) is 42.7 Å². The van der Waals surface area contributed by atoms with Gasteiger partial charge in [-0.3, -0.25) is 9.59 Å². The van der Waals surface area contributed by atoms with Gasteiger partial charge in [0.1, 0.15) is 11.6 Å². The Morgan fingerprint density at radius 2 is 1.79 bits per heavy atom. The average molecular weight is 402 g/mol. The van der Waals surface area contributed by atoms with Gasteiger partial charge in [0.25, 0.3) is 0 Å². The van der Waals surface area contributed by atoms with Crippen molar-refractivity contribution in [2.45, 2.75) is 38.5 Å². The maximum Gasteiger partial charge on any atom is 0.303 e. The second kappa shape index (κ2) is 10.2. The monoisotopic (exact) mass is 402 g/mol. The number of nitrogen functional groups attached to an aromatic ring is 1. The number of hydrogen-bond acceptors (Lipinski definition) is 5. The molecule has 3 aromatic rings. The Labute approximate surface area is 166 Å². The van der Waals surface area contributed by atoms with E-state index in [4.69, 9.17) is 15.9 Å². The molecule has 1 aromatic carbocycles. The highest BCUT2D eigenvalue weighted by molar-refractivity contribution is 5.67. The number of anilines is 1. The van der Waals surface area contributed by atoms with Crippen LogP contribution in [-0.4, -0.2) is 36.7 Å². The first kappa shape index (κ1) is 21.8. The summed E-state index contributed by atoms with van der Waals surface area (Å²) < 4.78 is 14.9. The lowest BCUT2D eigenvalue weighted by Gasteiger charge is -2.08. The summed E-state index contributed by atoms with van der Waals surface area (Å²) in [6.45, 7) is 1.99. The molecule has 4 N–H and O–H groups in total. The fourth-order valence-electron chi connectivity index (χ4n) is 2.62. The SMILES string of the molecule is C[C@H](c1cccc(F)c1)c1cn2nc(N)ccc2n1.O=C(O)CCCCC(=O)O. The van der Waals surface area contributed by atoms with Crippen LogP contribution >= 0.6 is 0 Å². The molecule has 0 bridgehead atoms. The second-order valence-electron chi connectivity index (χ2n) is 6.50. The summed E-state index contributed by atoms with van der Waals surface area (Å²) in [5.74, 6) is -1.54. The van der Waals surface area contributed by atoms with E-state index in [1.54, 1.807) is 16.6 Å². The van der Waals surface area contributed by atoms with Crippen LogP contribution < -0.4 is 5.73 Å². The van der Waals surface area contributed by atoms with Crippen molar-refractivity contribution < 1.29 is 24.2 Å². The lowest BCUT2D eigenvalue weighted by atomic mass is 9.98. The molecule has 8 nitrogen and oxygen atoms in total. The zero-order valence-electron chi connectivity index (χ0n) is 16.0. The van der Waals surface area contributed by atoms with E-state index >= 15 is 0 Å². The van der Waals surface area contributed by atoms with E-state index in [1.807, 2.05) is 25.3 Å². The van der Waals surface area contributed by atoms with E-state index in [0.717, 1.165) is 16.9 Å². The molecule has 0 aliphatic carbocycles. The number of nitrogens with zero attached hydrogens (tertiary/aromatic N) is 3. The Bertz CT molecular complexity index is 974. The number of fused-ring (bicyclic) bond motifs is 1. The molecule has 154 valence electrons. The number of rotatable bonds is 7. The highest BCUT2D eigenvalue weighted by Crippen LogP contribution is 2.24. The Kier molecular flexibility index (Phi) is 7.64. The number of benzene rings is 1. The first-order chi connectivity index (χ1) is 13.8. The van der Waals surface area contributed by atoms with Gasteiger partial charge in [-0.1, -0.05) is 19.1 Å². The molecular weight excluding hydrogens is 379 g/mol. The van der Waals surface area contributed by atoms with Crippen LogP contribution in [0.4, 0.5) is 10.2 Å². The number of carboxylic acids is 2. The molecule has 0 radical (unpaired) electrons. The number of imidazole rings is 1. The molecule has 9 heteroatoms. The fourth-order valence-corrected chi connectivity index (χ4v) is 2.62. The van der Waals surface area contributed by atoms with E-state index in [9.17, 15) is 14.0 Å². The number of hydrogen-bond donors (Lipinski definition) is 3. The van der Waals surface area contributed by atoms with E-state index in [-0.39, 0.29) is 24.6 Å². The molecule has 0 saturated heterocycles. The van der Waals surface area contributed by atoms with Crippen LogP contribution in [0.15, 0.2) is 42.6 Å². The van der Waals surface area contributed by atoms with E-state index < -0.39 is 11.9 Å². The maximum atomic E-state index is 13.2. The van der Waals surface area contributed by atoms with E-state index in [1.165, 1.54) is 12.1 Å². The Morgan fingerprint density at radius 1 is 1.14 bits per heavy atom. The Morgan fingerprint density at radius 3 is 2.38 bits per heavy atom. The molecule has 0 aliphatic heterocycles. The van der Waals surface area contributed by atoms with Crippen LogP contribution in [0, 0.1) is 5.82 Å². The molecule has 2 aromatic heterocycles. The highest BCUT2D eigenvalue weighted by atomic mass is 19.1. The van der Waals surface area contributed by atoms with Gasteiger partial charge in [0.05, 0.1) is 11.9 Å². The minimum absolute atomic E-state index is 0.00127. The van der Waals surface area contributed by atoms with Crippen molar-refractivity contribution in [1.82, 2.24) is 14.6 Å². The third-order valence-corrected chi connectivity index (χ3v) is 4.18. The maximum absolute atomic E-state index is 13.2. The van der Waals surface area contributed by atoms with E-state index in [2.05, 4.69) is 10.1 Å². The van der Waals surface area contributed by atoms with Gasteiger partial charge in [-0.25, -0.2) is 13.9 Å². The molecule has 0 unspecified atom stereocenters. The van der Waals surface area contributed by atoms with Crippen molar-refractivity contribution in [3.63, 3.8) is 0 Å². The largest absolute Gasteiger partial charge is 0.481 e. The van der Waals surface area contributed by atoms with Gasteiger partial charge < -0.3 is 15.9 Å². The summed E-state index contributed by atoms with van der Waals surface area (Å²) in [7, 11) is 0. The standard InChI is InChI=1S/C14H13FN4.C6H10O4/c1-9(10-3-2-4-11(15)7-10)12-8-19-14(17-12)6-5-13(16)18-19;7-5(8)3-1-2-4-6(9)10/h2-9H,1H3,(H2,16,18);1-4H2,(H,7,8)(H,9,10)/t9-;/m1./s1. The fraction of sp³-hybridized carbons (Fsp3) is 0.300. The predicted molar refractivity (Wildman–Crippen MR) is 105 cm³/mol. The number of aromatic nitrogens is 3. The van der Waals surface area contributed by atoms with Crippen LogP contribution in [0.3, 0.4) is 0 Å². The summed E-state index contributed by atoms with van der Waals surface area (Å²) >= 11 is 0. The van der Waals surface area contributed by atoms with Crippen LogP contribution in [0.25, 0.3) is 5.65 Å². The van der Waals surface area contributed by atoms with Gasteiger partial charge in [-0.2, -0.15) is 0 Å². The molecule has 0 saturated carbocycles. The first-order valence-electron chi connectivity index (χ1n) is 9.07. The lowest BCUT2D eigenvalue weighted by Crippen LogP contribution is -1.97. The normalized spacial score (nSPS) is 11.5. The molecule has 0 aliphatic rings. The van der Waals surface area contributed by atoms with Crippen LogP contribution in [0.5, 0.6) is 0 Å². The first-order valence-corrected chi connectivity index (χ1v) is 9.07. The highest BCUT2D eigenvalue weighted by Gasteiger charge is 2.13. The van der Waals surface area contributed by atoms with Crippen molar-refractivity contribution in [2.75, 3.05) is 5.73 Å². The van der Waals surface area contributed by atoms with Crippen LogP contribution in [0.1, 0.15) is 49.8 Å². The molecular formula is C20H23FN4O4. The minimum Gasteiger partial charge on any atom is -0.481 e. The van der Waals surface area contributed by atoms with Gasteiger partial charge >= 0.3 is 11.9 Å². The molecule has 1 atom stereocenters. The number of carbonyl (C=O) groups is 2. The smallest absolute Gasteiger partial charge is 0.303 e. The van der Waals surface area contributed by atoms with E-state index in [0.29, 0.717) is 18.7 Å². The second-order valence-corrected chi connectivity index (χ2v) is 6.50. The summed E-state index contributed by atoms with van der Waals surface area (Å²) in [6, 6.07) is 10.1. The van der Waals surface area contributed by atoms with Crippen LogP contribution in [0.2, 0.25) is 0 Å². The summed E-state index contributed by atoms with van der Waals surface area (Å²) in [4.78, 5) is 24.3. The number of halogens is 1. The number of unbranched alkanes of at least 4 members (excludes halogenated alkanes) is 1. The van der Waals surface area contributed by atoms with Gasteiger partial charge in [0.15, 0.2) is 5.65 Å². The Balaban J connectivity index is 0.000000257. The number of nitrogens with two attached hydrogens (primary N) is 1. The van der Waals surface area contributed by atoms with Crippen molar-refractivity contribution >= 4 is 23.4 Å². The third kappa shape index (κ3) is 6.87. The molecule has 0 fully saturated rings. The van der Waals surface area contributed by atoms with Crippen molar-refractivity contribution in [3.8, 4) is 0 Å². The van der Waals surface area contributed by atoms with Crippen molar-refractivity contribution in [1.29, 1.82) is 0 Å². The zero-order chi connectivity index (χ0) is 21.4. The van der Waals surface area contributed by atoms with Gasteiger partial charge in [0.2, 0.25) is 0 Å². The molecule has 3 rings (SSSR count). The summed E-state index contributed by atoms with van der Waals surface area (Å²) in [5.41, 5.74) is 8.08. The predicted octanol–water partition coefficient (Wildman–Crippen LogP) is 3.32. The molecule has 2 heterocycles. The average Bonchev–Trinajstić information content (AvgIpc) is 3.08. The summed E-state index contributed by atoms with van der Waals surface area (Å²) in [5, 5.41) is 20.4. The zero-order valence-corrected chi connectivity index (χ0v) is 16.0. The Hall–Kier alpha value is -3.49. The number of aliphatic carboxylic acids is 2. The van der Waals surface area contributed by atoms with Crippen LogP contribution in [-0.2, 0) is 9.59 Å². The third-order valence-electron chi connectivity index (χ3n) is 4.18. The van der Waals surface area contributed by atoms with Crippen molar-refractivity contribution in [3.05, 3.63) is 59.7 Å². The lowest BCUT2D eigenvalue weighted by molar-refractivity contribution is -0.139. The topological polar surface area (TPSA) is 131 Å². The molecule has 0 spiro atoms.